The van der Waals surface area contributed by atoms with Crippen molar-refractivity contribution in [3.63, 3.8) is 0 Å². The van der Waals surface area contributed by atoms with Gasteiger partial charge in [-0.25, -0.2) is 9.37 Å². The van der Waals surface area contributed by atoms with E-state index >= 15 is 0 Å². The van der Waals surface area contributed by atoms with E-state index in [1.165, 1.54) is 29.2 Å². The predicted molar refractivity (Wildman–Crippen MR) is 151 cm³/mol. The molecule has 3 aromatic rings. The smallest absolute Gasteiger partial charge is 0.248 e. The monoisotopic (exact) mass is 546 g/mol. The van der Waals surface area contributed by atoms with Crippen LogP contribution in [0.15, 0.2) is 72.9 Å². The van der Waals surface area contributed by atoms with Gasteiger partial charge in [0.05, 0.1) is 6.61 Å². The molecule has 0 saturated heterocycles. The highest BCUT2D eigenvalue weighted by atomic mass is 19.1. The number of benzene rings is 2. The topological polar surface area (TPSA) is 101 Å². The molecule has 3 amide bonds. The van der Waals surface area contributed by atoms with Crippen molar-refractivity contribution in [3.05, 3.63) is 84.3 Å². The van der Waals surface area contributed by atoms with Gasteiger partial charge in [-0.15, -0.1) is 0 Å². The van der Waals surface area contributed by atoms with Gasteiger partial charge in [-0.2, -0.15) is 0 Å². The van der Waals surface area contributed by atoms with Gasteiger partial charge in [-0.1, -0.05) is 31.0 Å². The molecule has 2 aromatic carbocycles. The Hall–Kier alpha value is -4.27. The quantitative estimate of drug-likeness (QED) is 0.310. The zero-order chi connectivity index (χ0) is 28.3. The van der Waals surface area contributed by atoms with Crippen LogP contribution in [0.5, 0.6) is 5.75 Å². The Bertz CT molecular complexity index is 1260. The Morgan fingerprint density at radius 3 is 2.38 bits per heavy atom. The molecule has 1 atom stereocenters. The van der Waals surface area contributed by atoms with Crippen LogP contribution < -0.4 is 20.3 Å². The molecule has 0 spiro atoms. The van der Waals surface area contributed by atoms with Gasteiger partial charge in [0.1, 0.15) is 23.4 Å². The second-order valence-electron chi connectivity index (χ2n) is 9.75. The number of carbonyl (C=O) groups excluding carboxylic acids is 3. The Morgan fingerprint density at radius 2 is 1.73 bits per heavy atom. The lowest BCUT2D eigenvalue weighted by atomic mass is 10.0. The zero-order valence-corrected chi connectivity index (χ0v) is 22.6. The molecule has 8 nitrogen and oxygen atoms in total. The average Bonchev–Trinajstić information content (AvgIpc) is 3.46. The standard InChI is InChI=1S/C31H35FN4O4/c1-2-40-26-19-13-22(14-20-26)30(31(39)34-24-8-3-4-9-24)36(25-17-15-23(32)16-18-25)29(38)12-7-11-28(37)35-27-10-5-6-21-33-27/h5-6,10,13-21,24,30H,2-4,7-9,11-12H2,1H3,(H,34,39)(H,33,35,37)/t30-/m0/s1. The van der Waals surface area contributed by atoms with E-state index in [0.29, 0.717) is 29.4 Å². The Morgan fingerprint density at radius 1 is 1.00 bits per heavy atom. The molecule has 1 aliphatic rings. The first-order chi connectivity index (χ1) is 19.4. The van der Waals surface area contributed by atoms with Gasteiger partial charge in [-0.05, 0) is 80.3 Å². The number of carbonyl (C=O) groups is 3. The zero-order valence-electron chi connectivity index (χ0n) is 22.6. The van der Waals surface area contributed by atoms with Crippen molar-refractivity contribution in [2.75, 3.05) is 16.8 Å². The first kappa shape index (κ1) is 28.7. The minimum atomic E-state index is -0.989. The SMILES string of the molecule is CCOc1ccc([C@@H](C(=O)NC2CCCC2)N(C(=O)CCCC(=O)Nc2ccccn2)c2ccc(F)cc2)cc1. The second kappa shape index (κ2) is 14.2. The molecule has 210 valence electrons. The fraction of sp³-hybridized carbons (Fsp3) is 0.355. The maximum absolute atomic E-state index is 13.8. The molecular formula is C31H35FN4O4. The van der Waals surface area contributed by atoms with Crippen molar-refractivity contribution in [1.29, 1.82) is 0 Å². The highest BCUT2D eigenvalue weighted by Gasteiger charge is 2.34. The fourth-order valence-corrected chi connectivity index (χ4v) is 4.88. The number of amides is 3. The van der Waals surface area contributed by atoms with Crippen LogP contribution in [-0.4, -0.2) is 35.4 Å². The van der Waals surface area contributed by atoms with Gasteiger partial charge in [0, 0.05) is 30.8 Å². The summed E-state index contributed by atoms with van der Waals surface area (Å²) in [5.41, 5.74) is 0.995. The lowest BCUT2D eigenvalue weighted by Gasteiger charge is -2.32. The number of anilines is 2. The summed E-state index contributed by atoms with van der Waals surface area (Å²) >= 11 is 0. The number of hydrogen-bond donors (Lipinski definition) is 2. The average molecular weight is 547 g/mol. The van der Waals surface area contributed by atoms with Crippen LogP contribution in [0, 0.1) is 5.82 Å². The first-order valence-electron chi connectivity index (χ1n) is 13.8. The van der Waals surface area contributed by atoms with Gasteiger partial charge >= 0.3 is 0 Å². The molecule has 0 bridgehead atoms. The summed E-state index contributed by atoms with van der Waals surface area (Å²) in [6.45, 7) is 2.39. The fourth-order valence-electron chi connectivity index (χ4n) is 4.88. The number of hydrogen-bond acceptors (Lipinski definition) is 5. The number of rotatable bonds is 12. The van der Waals surface area contributed by atoms with Gasteiger partial charge in [0.15, 0.2) is 0 Å². The highest BCUT2D eigenvalue weighted by molar-refractivity contribution is 6.01. The Balaban J connectivity index is 1.58. The first-order valence-corrected chi connectivity index (χ1v) is 13.8. The minimum Gasteiger partial charge on any atom is -0.494 e. The molecule has 0 radical (unpaired) electrons. The van der Waals surface area contributed by atoms with E-state index in [4.69, 9.17) is 4.74 Å². The van der Waals surface area contributed by atoms with E-state index in [0.717, 1.165) is 25.7 Å². The van der Waals surface area contributed by atoms with Gasteiger partial charge < -0.3 is 15.4 Å². The predicted octanol–water partition coefficient (Wildman–Crippen LogP) is 5.56. The third kappa shape index (κ3) is 7.88. The molecule has 0 unspecified atom stereocenters. The number of halogens is 1. The molecule has 2 N–H and O–H groups in total. The Labute approximate surface area is 233 Å². The summed E-state index contributed by atoms with van der Waals surface area (Å²) < 4.78 is 19.4. The molecule has 1 fully saturated rings. The molecule has 1 aromatic heterocycles. The summed E-state index contributed by atoms with van der Waals surface area (Å²) in [7, 11) is 0. The van der Waals surface area contributed by atoms with Crippen LogP contribution >= 0.6 is 0 Å². The number of nitrogens with one attached hydrogen (secondary N) is 2. The van der Waals surface area contributed by atoms with Crippen LogP contribution in [0.4, 0.5) is 15.9 Å². The molecule has 0 aliphatic heterocycles. The van der Waals surface area contributed by atoms with Crippen molar-refractivity contribution in [2.24, 2.45) is 0 Å². The lowest BCUT2D eigenvalue weighted by Crippen LogP contribution is -2.46. The molecule has 40 heavy (non-hydrogen) atoms. The lowest BCUT2D eigenvalue weighted by molar-refractivity contribution is -0.127. The second-order valence-corrected chi connectivity index (χ2v) is 9.75. The molecule has 4 rings (SSSR count). The summed E-state index contributed by atoms with van der Waals surface area (Å²) in [5, 5.41) is 5.84. The maximum atomic E-state index is 13.8. The van der Waals surface area contributed by atoms with Crippen molar-refractivity contribution >= 4 is 29.2 Å². The molecule has 1 heterocycles. The third-order valence-electron chi connectivity index (χ3n) is 6.82. The van der Waals surface area contributed by atoms with E-state index < -0.39 is 11.9 Å². The summed E-state index contributed by atoms with van der Waals surface area (Å²) in [5.74, 6) is -0.276. The van der Waals surface area contributed by atoms with Gasteiger partial charge in [0.25, 0.3) is 0 Å². The summed E-state index contributed by atoms with van der Waals surface area (Å²) in [4.78, 5) is 45.5. The van der Waals surface area contributed by atoms with Gasteiger partial charge in [0.2, 0.25) is 17.7 Å². The van der Waals surface area contributed by atoms with E-state index in [-0.39, 0.29) is 43.0 Å². The van der Waals surface area contributed by atoms with Crippen molar-refractivity contribution < 1.29 is 23.5 Å². The van der Waals surface area contributed by atoms with Gasteiger partial charge in [-0.3, -0.25) is 19.3 Å². The molecule has 9 heteroatoms. The van der Waals surface area contributed by atoms with Crippen LogP contribution in [-0.2, 0) is 14.4 Å². The number of nitrogens with zero attached hydrogens (tertiary/aromatic N) is 2. The maximum Gasteiger partial charge on any atom is 0.248 e. The van der Waals surface area contributed by atoms with Crippen LogP contribution in [0.2, 0.25) is 0 Å². The van der Waals surface area contributed by atoms with E-state index in [1.807, 2.05) is 6.92 Å². The molecule has 1 aliphatic carbocycles. The number of aromatic nitrogens is 1. The largest absolute Gasteiger partial charge is 0.494 e. The normalized spacial score (nSPS) is 13.8. The van der Waals surface area contributed by atoms with Crippen molar-refractivity contribution in [2.45, 2.75) is 64.0 Å². The minimum absolute atomic E-state index is 0.0112. The summed E-state index contributed by atoms with van der Waals surface area (Å²) in [6, 6.07) is 16.8. The number of ether oxygens (including phenoxy) is 1. The van der Waals surface area contributed by atoms with Crippen molar-refractivity contribution in [1.82, 2.24) is 10.3 Å². The highest BCUT2D eigenvalue weighted by Crippen LogP contribution is 2.31. The number of pyridine rings is 1. The Kier molecular flexibility index (Phi) is 10.2. The van der Waals surface area contributed by atoms with E-state index in [1.54, 1.807) is 48.7 Å². The molecular weight excluding hydrogens is 511 g/mol. The van der Waals surface area contributed by atoms with Crippen molar-refractivity contribution in [3.8, 4) is 5.75 Å². The summed E-state index contributed by atoms with van der Waals surface area (Å²) in [6.07, 6.45) is 5.81. The third-order valence-corrected chi connectivity index (χ3v) is 6.82. The van der Waals surface area contributed by atoms with Crippen LogP contribution in [0.3, 0.4) is 0 Å². The van der Waals surface area contributed by atoms with Crippen LogP contribution in [0.25, 0.3) is 0 Å². The van der Waals surface area contributed by atoms with E-state index in [2.05, 4.69) is 15.6 Å². The van der Waals surface area contributed by atoms with Crippen LogP contribution in [0.1, 0.15) is 63.5 Å². The van der Waals surface area contributed by atoms with E-state index in [9.17, 15) is 18.8 Å². The molecule has 1 saturated carbocycles.